The topological polar surface area (TPSA) is 57.8 Å². The second-order valence-electron chi connectivity index (χ2n) is 5.49. The molecule has 4 rings (SSSR count). The molecule has 3 aromatic rings. The highest BCUT2D eigenvalue weighted by atomic mass is 79.9. The predicted molar refractivity (Wildman–Crippen MR) is 85.9 cm³/mol. The van der Waals surface area contributed by atoms with E-state index in [2.05, 4.69) is 31.0 Å². The number of fused-ring (bicyclic) bond motifs is 3. The molecule has 130 valence electrons. The van der Waals surface area contributed by atoms with Crippen molar-refractivity contribution in [3.05, 3.63) is 35.2 Å². The van der Waals surface area contributed by atoms with Crippen LogP contribution in [0.5, 0.6) is 5.75 Å². The number of benzene rings is 1. The van der Waals surface area contributed by atoms with Gasteiger partial charge < -0.3 is 9.30 Å². The first-order valence-corrected chi connectivity index (χ1v) is 8.15. The van der Waals surface area contributed by atoms with Crippen LogP contribution < -0.4 is 4.74 Å². The summed E-state index contributed by atoms with van der Waals surface area (Å²) in [6, 6.07) is 5.55. The molecule has 0 spiro atoms. The van der Waals surface area contributed by atoms with Crippen LogP contribution in [0.2, 0.25) is 0 Å². The summed E-state index contributed by atoms with van der Waals surface area (Å²) in [4.78, 5) is 8.44. The lowest BCUT2D eigenvalue weighted by Crippen LogP contribution is -2.19. The number of halogens is 4. The summed E-state index contributed by atoms with van der Waals surface area (Å²) in [5, 5.41) is 3.66. The number of hydrogen-bond donors (Lipinski definition) is 0. The summed E-state index contributed by atoms with van der Waals surface area (Å²) in [6.45, 7) is -0.249. The Balaban J connectivity index is 1.79. The van der Waals surface area contributed by atoms with Gasteiger partial charge in [-0.1, -0.05) is 15.9 Å². The zero-order valence-electron chi connectivity index (χ0n) is 12.7. The number of aromatic nitrogens is 5. The van der Waals surface area contributed by atoms with E-state index in [1.165, 1.54) is 0 Å². The smallest absolute Gasteiger partial charge is 0.408 e. The zero-order valence-corrected chi connectivity index (χ0v) is 14.3. The fourth-order valence-corrected chi connectivity index (χ4v) is 3.05. The fraction of sp³-hybridized carbons (Fsp3) is 0.267. The van der Waals surface area contributed by atoms with E-state index in [9.17, 15) is 13.2 Å². The Morgan fingerprint density at radius 2 is 2.08 bits per heavy atom. The molecule has 2 aromatic heterocycles. The van der Waals surface area contributed by atoms with Gasteiger partial charge in [0.15, 0.2) is 5.82 Å². The molecule has 0 N–H and O–H groups in total. The molecule has 0 fully saturated rings. The van der Waals surface area contributed by atoms with Crippen LogP contribution in [0.15, 0.2) is 35.2 Å². The largest absolute Gasteiger partial charge is 0.491 e. The first-order valence-electron chi connectivity index (χ1n) is 7.35. The molecule has 10 heteroatoms. The van der Waals surface area contributed by atoms with Crippen molar-refractivity contribution in [3.63, 3.8) is 0 Å². The Hall–Kier alpha value is -2.36. The number of ether oxygens (including phenoxy) is 1. The molecular formula is C15H11BrF3N5O. The van der Waals surface area contributed by atoms with Gasteiger partial charge in [-0.3, -0.25) is 0 Å². The molecule has 0 amide bonds. The van der Waals surface area contributed by atoms with Crippen molar-refractivity contribution in [1.29, 1.82) is 0 Å². The van der Waals surface area contributed by atoms with E-state index in [0.717, 1.165) is 21.0 Å². The maximum atomic E-state index is 12.7. The van der Waals surface area contributed by atoms with Gasteiger partial charge in [-0.05, 0) is 18.2 Å². The fourth-order valence-electron chi connectivity index (χ4n) is 2.71. The second kappa shape index (κ2) is 5.87. The van der Waals surface area contributed by atoms with Crippen molar-refractivity contribution < 1.29 is 17.9 Å². The third kappa shape index (κ3) is 3.13. The molecular weight excluding hydrogens is 403 g/mol. The van der Waals surface area contributed by atoms with E-state index in [0.29, 0.717) is 30.4 Å². The average molecular weight is 414 g/mol. The highest BCUT2D eigenvalue weighted by molar-refractivity contribution is 9.10. The molecule has 3 heterocycles. The maximum absolute atomic E-state index is 12.7. The van der Waals surface area contributed by atoms with Gasteiger partial charge >= 0.3 is 6.18 Å². The molecule has 6 nitrogen and oxygen atoms in total. The van der Waals surface area contributed by atoms with Crippen LogP contribution in [0.4, 0.5) is 13.2 Å². The van der Waals surface area contributed by atoms with Crippen LogP contribution in [0.3, 0.4) is 0 Å². The van der Waals surface area contributed by atoms with E-state index in [1.807, 2.05) is 22.8 Å². The molecule has 0 aliphatic carbocycles. The van der Waals surface area contributed by atoms with Gasteiger partial charge in [-0.25, -0.2) is 14.6 Å². The van der Waals surface area contributed by atoms with Gasteiger partial charge in [0.25, 0.3) is 0 Å². The van der Waals surface area contributed by atoms with Gasteiger partial charge in [0.1, 0.15) is 36.7 Å². The zero-order chi connectivity index (χ0) is 17.6. The first-order chi connectivity index (χ1) is 11.9. The third-order valence-corrected chi connectivity index (χ3v) is 4.22. The highest BCUT2D eigenvalue weighted by Gasteiger charge is 2.31. The Morgan fingerprint density at radius 1 is 1.24 bits per heavy atom. The number of alkyl halides is 3. The minimum absolute atomic E-state index is 0.0810. The summed E-state index contributed by atoms with van der Waals surface area (Å²) in [5.74, 6) is 1.37. The molecule has 1 aliphatic heterocycles. The molecule has 25 heavy (non-hydrogen) atoms. The number of hydrogen-bond acceptors (Lipinski definition) is 4. The van der Waals surface area contributed by atoms with Crippen molar-refractivity contribution in [1.82, 2.24) is 24.3 Å². The van der Waals surface area contributed by atoms with E-state index in [1.54, 1.807) is 6.20 Å². The normalized spacial score (nSPS) is 13.8. The van der Waals surface area contributed by atoms with E-state index >= 15 is 0 Å². The van der Waals surface area contributed by atoms with Crippen LogP contribution in [-0.2, 0) is 13.1 Å². The molecule has 0 unspecified atom stereocenters. The van der Waals surface area contributed by atoms with Gasteiger partial charge in [0.2, 0.25) is 0 Å². The van der Waals surface area contributed by atoms with Crippen molar-refractivity contribution in [2.45, 2.75) is 19.3 Å². The lowest BCUT2D eigenvalue weighted by molar-refractivity contribution is -0.142. The van der Waals surface area contributed by atoms with Crippen LogP contribution in [0, 0.1) is 0 Å². The first kappa shape index (κ1) is 16.1. The Labute approximate surface area is 148 Å². The lowest BCUT2D eigenvalue weighted by Gasteiger charge is -2.08. The van der Waals surface area contributed by atoms with Crippen molar-refractivity contribution in [2.75, 3.05) is 6.61 Å². The van der Waals surface area contributed by atoms with Gasteiger partial charge in [-0.2, -0.15) is 18.3 Å². The number of rotatable bonds is 2. The summed E-state index contributed by atoms with van der Waals surface area (Å²) in [5.41, 5.74) is 1.11. The van der Waals surface area contributed by atoms with Crippen LogP contribution in [0.25, 0.3) is 22.9 Å². The summed E-state index contributed by atoms with van der Waals surface area (Å²) in [7, 11) is 0. The summed E-state index contributed by atoms with van der Waals surface area (Å²) >= 11 is 3.39. The molecule has 0 saturated heterocycles. The molecule has 0 radical (unpaired) electrons. The van der Waals surface area contributed by atoms with E-state index in [-0.39, 0.29) is 5.82 Å². The minimum atomic E-state index is -4.38. The minimum Gasteiger partial charge on any atom is -0.491 e. The standard InChI is InChI=1S/C15H11BrF3N5O/c16-9-1-2-10-12(5-9)25-4-3-23-6-11(22-13(10)23)14-20-8-21-24(14)7-15(17,18)19/h1-2,5-6,8H,3-4,7H2. The van der Waals surface area contributed by atoms with Crippen LogP contribution >= 0.6 is 15.9 Å². The van der Waals surface area contributed by atoms with Crippen molar-refractivity contribution >= 4 is 15.9 Å². The van der Waals surface area contributed by atoms with Gasteiger partial charge in [0, 0.05) is 10.7 Å². The highest BCUT2D eigenvalue weighted by Crippen LogP contribution is 2.35. The number of imidazole rings is 1. The second-order valence-corrected chi connectivity index (χ2v) is 6.40. The Bertz CT molecular complexity index is 934. The predicted octanol–water partition coefficient (Wildman–Crippen LogP) is 3.53. The lowest BCUT2D eigenvalue weighted by atomic mass is 10.2. The maximum Gasteiger partial charge on any atom is 0.408 e. The van der Waals surface area contributed by atoms with Crippen LogP contribution in [-0.4, -0.2) is 37.1 Å². The van der Waals surface area contributed by atoms with Gasteiger partial charge in [0.05, 0.1) is 12.1 Å². The van der Waals surface area contributed by atoms with Gasteiger partial charge in [-0.15, -0.1) is 0 Å². The summed E-state index contributed by atoms with van der Waals surface area (Å²) < 4.78 is 47.3. The SMILES string of the molecule is FC(F)(F)Cn1ncnc1-c1cn2c(n1)-c1ccc(Br)cc1OCC2. The Morgan fingerprint density at radius 3 is 2.88 bits per heavy atom. The number of nitrogens with zero attached hydrogens (tertiary/aromatic N) is 5. The van der Waals surface area contributed by atoms with Crippen molar-refractivity contribution in [3.8, 4) is 28.7 Å². The van der Waals surface area contributed by atoms with Crippen LogP contribution in [0.1, 0.15) is 0 Å². The quantitative estimate of drug-likeness (QED) is 0.644. The van der Waals surface area contributed by atoms with E-state index < -0.39 is 12.7 Å². The third-order valence-electron chi connectivity index (χ3n) is 3.72. The monoisotopic (exact) mass is 413 g/mol. The molecule has 0 bridgehead atoms. The molecule has 0 atom stereocenters. The summed E-state index contributed by atoms with van der Waals surface area (Å²) in [6.07, 6.45) is -1.61. The average Bonchev–Trinajstić information content (AvgIpc) is 3.09. The molecule has 1 aliphatic rings. The van der Waals surface area contributed by atoms with E-state index in [4.69, 9.17) is 4.74 Å². The van der Waals surface area contributed by atoms with Crippen molar-refractivity contribution in [2.24, 2.45) is 0 Å². The Kier molecular flexibility index (Phi) is 3.78. The molecule has 1 aromatic carbocycles. The molecule has 0 saturated carbocycles.